The number of nitrogens with zero attached hydrogens (tertiary/aromatic N) is 2. The van der Waals surface area contributed by atoms with E-state index in [1.165, 1.54) is 19.2 Å². The second-order valence-electron chi connectivity index (χ2n) is 8.17. The SMILES string of the molecule is COCC(C)NS(=O)(=O)c1ccc(NC(=O)CCCc2nc(C(C)(C)C)no2)cc1. The molecule has 0 radical (unpaired) electrons. The van der Waals surface area contributed by atoms with E-state index in [9.17, 15) is 13.2 Å². The highest BCUT2D eigenvalue weighted by Gasteiger charge is 2.21. The molecule has 1 aromatic heterocycles. The molecule has 1 atom stereocenters. The molecule has 30 heavy (non-hydrogen) atoms. The maximum atomic E-state index is 12.3. The Labute approximate surface area is 177 Å². The third-order valence-corrected chi connectivity index (χ3v) is 5.76. The van der Waals surface area contributed by atoms with Gasteiger partial charge in [0.1, 0.15) is 0 Å². The molecule has 0 saturated heterocycles. The Balaban J connectivity index is 1.83. The number of carbonyl (C=O) groups is 1. The zero-order valence-electron chi connectivity index (χ0n) is 18.1. The van der Waals surface area contributed by atoms with Gasteiger partial charge in [-0.25, -0.2) is 13.1 Å². The van der Waals surface area contributed by atoms with Crippen LogP contribution in [0.5, 0.6) is 0 Å². The molecule has 0 saturated carbocycles. The molecule has 2 aromatic rings. The van der Waals surface area contributed by atoms with E-state index in [4.69, 9.17) is 9.26 Å². The number of nitrogens with one attached hydrogen (secondary N) is 2. The van der Waals surface area contributed by atoms with E-state index in [-0.39, 0.29) is 35.3 Å². The Kier molecular flexibility index (Phi) is 8.10. The highest BCUT2D eigenvalue weighted by atomic mass is 32.2. The van der Waals surface area contributed by atoms with E-state index in [1.807, 2.05) is 20.8 Å². The lowest BCUT2D eigenvalue weighted by Crippen LogP contribution is -2.35. The van der Waals surface area contributed by atoms with E-state index >= 15 is 0 Å². The van der Waals surface area contributed by atoms with Crippen molar-refractivity contribution in [3.8, 4) is 0 Å². The lowest BCUT2D eigenvalue weighted by molar-refractivity contribution is -0.116. The van der Waals surface area contributed by atoms with Crippen LogP contribution in [0, 0.1) is 0 Å². The minimum atomic E-state index is -3.65. The number of ether oxygens (including phenoxy) is 1. The number of rotatable bonds is 10. The predicted octanol–water partition coefficient (Wildman–Crippen LogP) is 2.64. The second kappa shape index (κ2) is 10.1. The van der Waals surface area contributed by atoms with Crippen LogP contribution >= 0.6 is 0 Å². The van der Waals surface area contributed by atoms with Crippen molar-refractivity contribution in [3.63, 3.8) is 0 Å². The number of sulfonamides is 1. The highest BCUT2D eigenvalue weighted by Crippen LogP contribution is 2.19. The first-order valence-corrected chi connectivity index (χ1v) is 11.2. The van der Waals surface area contributed by atoms with Crippen molar-refractivity contribution in [3.05, 3.63) is 36.0 Å². The van der Waals surface area contributed by atoms with E-state index < -0.39 is 10.0 Å². The Morgan fingerprint density at radius 3 is 2.47 bits per heavy atom. The summed E-state index contributed by atoms with van der Waals surface area (Å²) in [4.78, 5) is 16.6. The fourth-order valence-electron chi connectivity index (χ4n) is 2.62. The standard InChI is InChI=1S/C20H30N4O5S/c1-14(13-28-5)24-30(26,27)16-11-9-15(10-12-16)21-17(25)7-6-8-18-22-19(23-29-18)20(2,3)4/h9-12,14,24H,6-8,13H2,1-5H3,(H,21,25). The second-order valence-corrected chi connectivity index (χ2v) is 9.88. The Bertz CT molecular complexity index is 933. The van der Waals surface area contributed by atoms with Crippen LogP contribution in [0.2, 0.25) is 0 Å². The summed E-state index contributed by atoms with van der Waals surface area (Å²) >= 11 is 0. The lowest BCUT2D eigenvalue weighted by atomic mass is 9.96. The zero-order chi connectivity index (χ0) is 22.4. The average molecular weight is 439 g/mol. The summed E-state index contributed by atoms with van der Waals surface area (Å²) in [6, 6.07) is 5.66. The van der Waals surface area contributed by atoms with Crippen LogP contribution in [-0.2, 0) is 31.4 Å². The van der Waals surface area contributed by atoms with E-state index in [0.717, 1.165) is 0 Å². The fourth-order valence-corrected chi connectivity index (χ4v) is 3.85. The summed E-state index contributed by atoms with van der Waals surface area (Å²) in [7, 11) is -2.14. The minimum absolute atomic E-state index is 0.120. The van der Waals surface area contributed by atoms with Crippen molar-refractivity contribution in [1.82, 2.24) is 14.9 Å². The smallest absolute Gasteiger partial charge is 0.240 e. The molecule has 2 rings (SSSR count). The van der Waals surface area contributed by atoms with Crippen molar-refractivity contribution in [2.45, 2.75) is 63.3 Å². The van der Waals surface area contributed by atoms with E-state index in [0.29, 0.717) is 30.2 Å². The molecule has 2 N–H and O–H groups in total. The first-order chi connectivity index (χ1) is 14.0. The number of aryl methyl sites for hydroxylation is 1. The van der Waals surface area contributed by atoms with Crippen LogP contribution < -0.4 is 10.0 Å². The molecule has 1 aromatic carbocycles. The summed E-state index contributed by atoms with van der Waals surface area (Å²) in [6.45, 7) is 7.99. The maximum absolute atomic E-state index is 12.3. The molecule has 0 aliphatic rings. The number of hydrogen-bond acceptors (Lipinski definition) is 7. The molecule has 1 heterocycles. The van der Waals surface area contributed by atoms with Crippen LogP contribution in [0.4, 0.5) is 5.69 Å². The Morgan fingerprint density at radius 1 is 1.23 bits per heavy atom. The van der Waals surface area contributed by atoms with Crippen LogP contribution in [0.15, 0.2) is 33.7 Å². The number of benzene rings is 1. The third-order valence-electron chi connectivity index (χ3n) is 4.15. The molecule has 166 valence electrons. The molecule has 0 aliphatic heterocycles. The van der Waals surface area contributed by atoms with Crippen LogP contribution in [0.1, 0.15) is 52.3 Å². The fraction of sp³-hybridized carbons (Fsp3) is 0.550. The monoisotopic (exact) mass is 438 g/mol. The number of amides is 1. The first kappa shape index (κ1) is 24.0. The van der Waals surface area contributed by atoms with Gasteiger partial charge in [-0.05, 0) is 37.6 Å². The summed E-state index contributed by atoms with van der Waals surface area (Å²) < 4.78 is 37.3. The summed E-state index contributed by atoms with van der Waals surface area (Å²) in [5, 5.41) is 6.72. The van der Waals surface area contributed by atoms with Crippen molar-refractivity contribution in [2.75, 3.05) is 19.0 Å². The van der Waals surface area contributed by atoms with Crippen molar-refractivity contribution in [1.29, 1.82) is 0 Å². The van der Waals surface area contributed by atoms with Gasteiger partial charge in [-0.1, -0.05) is 25.9 Å². The van der Waals surface area contributed by atoms with Crippen LogP contribution in [0.25, 0.3) is 0 Å². The number of carbonyl (C=O) groups excluding carboxylic acids is 1. The van der Waals surface area contributed by atoms with Gasteiger partial charge in [0.15, 0.2) is 5.82 Å². The van der Waals surface area contributed by atoms with Gasteiger partial charge >= 0.3 is 0 Å². The van der Waals surface area contributed by atoms with Crippen LogP contribution in [0.3, 0.4) is 0 Å². The van der Waals surface area contributed by atoms with E-state index in [1.54, 1.807) is 19.1 Å². The molecular formula is C20H30N4O5S. The summed E-state index contributed by atoms with van der Waals surface area (Å²) in [6.07, 6.45) is 1.35. The van der Waals surface area contributed by atoms with E-state index in [2.05, 4.69) is 20.2 Å². The lowest BCUT2D eigenvalue weighted by Gasteiger charge is -2.13. The molecular weight excluding hydrogens is 408 g/mol. The molecule has 1 unspecified atom stereocenters. The summed E-state index contributed by atoms with van der Waals surface area (Å²) in [5.74, 6) is 0.980. The van der Waals surface area contributed by atoms with Gasteiger partial charge in [0, 0.05) is 37.1 Å². The highest BCUT2D eigenvalue weighted by molar-refractivity contribution is 7.89. The molecule has 0 bridgehead atoms. The predicted molar refractivity (Wildman–Crippen MR) is 113 cm³/mol. The third kappa shape index (κ3) is 7.19. The molecule has 10 heteroatoms. The normalized spacial score (nSPS) is 13.2. The van der Waals surface area contributed by atoms with Crippen molar-refractivity contribution in [2.24, 2.45) is 0 Å². The zero-order valence-corrected chi connectivity index (χ0v) is 18.9. The topological polar surface area (TPSA) is 123 Å². The number of hydrogen-bond donors (Lipinski definition) is 2. The van der Waals surface area contributed by atoms with Crippen LogP contribution in [-0.4, -0.2) is 44.2 Å². The van der Waals surface area contributed by atoms with Crippen molar-refractivity contribution < 1.29 is 22.5 Å². The number of aromatic nitrogens is 2. The van der Waals surface area contributed by atoms with Crippen molar-refractivity contribution >= 4 is 21.6 Å². The molecule has 0 aliphatic carbocycles. The van der Waals surface area contributed by atoms with Gasteiger partial charge < -0.3 is 14.6 Å². The van der Waals surface area contributed by atoms with Gasteiger partial charge in [-0.2, -0.15) is 4.98 Å². The Hall–Kier alpha value is -2.30. The van der Waals surface area contributed by atoms with Gasteiger partial charge in [-0.15, -0.1) is 0 Å². The first-order valence-electron chi connectivity index (χ1n) is 9.75. The van der Waals surface area contributed by atoms with Gasteiger partial charge in [0.2, 0.25) is 21.8 Å². The quantitative estimate of drug-likeness (QED) is 0.584. The molecule has 0 fully saturated rings. The minimum Gasteiger partial charge on any atom is -0.383 e. The molecule has 0 spiro atoms. The van der Waals surface area contributed by atoms with Gasteiger partial charge in [-0.3, -0.25) is 4.79 Å². The molecule has 9 nitrogen and oxygen atoms in total. The summed E-state index contributed by atoms with van der Waals surface area (Å²) in [5.41, 5.74) is 0.340. The average Bonchev–Trinajstić information content (AvgIpc) is 3.11. The Morgan fingerprint density at radius 2 is 1.90 bits per heavy atom. The molecule has 1 amide bonds. The van der Waals surface area contributed by atoms with Gasteiger partial charge in [0.05, 0.1) is 11.5 Å². The maximum Gasteiger partial charge on any atom is 0.240 e. The largest absolute Gasteiger partial charge is 0.383 e. The van der Waals surface area contributed by atoms with Gasteiger partial charge in [0.25, 0.3) is 0 Å². The number of anilines is 1. The number of methoxy groups -OCH3 is 1.